The molecule has 300 valence electrons. The number of amides is 7. The second kappa shape index (κ2) is 23.6. The minimum absolute atomic E-state index is 0.0462. The van der Waals surface area contributed by atoms with E-state index in [0.29, 0.717) is 0 Å². The molecule has 7 amide bonds. The SMILES string of the molecule is C[C@H](NC(=O)CNC(=O)[C@H](CCCN=C(N)N)NC(=O)[C@@H](NC(=O)[C@H](CO)NC(=O)[C@H](C)NC(=O)CN[C@@H](Cc1ccccc1)C(N)=O)[C@H](C)O)C(=O)O. The van der Waals surface area contributed by atoms with E-state index in [1.54, 1.807) is 30.3 Å². The first-order chi connectivity index (χ1) is 25.4. The zero-order valence-corrected chi connectivity index (χ0v) is 30.2. The van der Waals surface area contributed by atoms with Crippen molar-refractivity contribution in [1.82, 2.24) is 37.2 Å². The first-order valence-electron chi connectivity index (χ1n) is 16.8. The normalized spacial score (nSPS) is 14.6. The van der Waals surface area contributed by atoms with Gasteiger partial charge in [0.2, 0.25) is 41.4 Å². The van der Waals surface area contributed by atoms with Crippen molar-refractivity contribution < 1.29 is 53.7 Å². The van der Waals surface area contributed by atoms with Crippen LogP contribution in [0.25, 0.3) is 0 Å². The van der Waals surface area contributed by atoms with Gasteiger partial charge < -0.3 is 64.4 Å². The predicted octanol–water partition coefficient (Wildman–Crippen LogP) is -6.24. The number of aliphatic imine (C=N–C) groups is 1. The molecule has 0 heterocycles. The van der Waals surface area contributed by atoms with Gasteiger partial charge >= 0.3 is 5.97 Å². The molecule has 54 heavy (non-hydrogen) atoms. The molecule has 0 aliphatic carbocycles. The Labute approximate surface area is 310 Å². The highest BCUT2D eigenvalue weighted by Gasteiger charge is 2.33. The molecule has 22 nitrogen and oxygen atoms in total. The molecule has 1 rings (SSSR count). The van der Waals surface area contributed by atoms with Gasteiger partial charge in [0.25, 0.3) is 0 Å². The number of carboxylic acids is 1. The van der Waals surface area contributed by atoms with Crippen LogP contribution in [-0.4, -0.2) is 137 Å². The number of hydrogen-bond acceptors (Lipinski definition) is 12. The lowest BCUT2D eigenvalue weighted by molar-refractivity contribution is -0.141. The van der Waals surface area contributed by atoms with Gasteiger partial charge in [0, 0.05) is 6.54 Å². The smallest absolute Gasteiger partial charge is 0.325 e. The number of nitrogens with zero attached hydrogens (tertiary/aromatic N) is 1. The van der Waals surface area contributed by atoms with Crippen molar-refractivity contribution >= 4 is 53.3 Å². The van der Waals surface area contributed by atoms with Crippen molar-refractivity contribution in [3.63, 3.8) is 0 Å². The van der Waals surface area contributed by atoms with Gasteiger partial charge in [-0.2, -0.15) is 0 Å². The maximum absolute atomic E-state index is 13.2. The fraction of sp³-hybridized carbons (Fsp3) is 0.531. The standard InChI is InChI=1S/C32H51N11O11/c1-16(39-23(46)13-37-21(26(33)48)12-19-8-5-4-6-9-19)27(49)42-22(15-44)29(51)43-25(18(3)45)30(52)41-20(10-7-11-36-32(34)35)28(50)38-14-24(47)40-17(2)31(53)54/h4-6,8-9,16-18,20-22,25,37,44-45H,7,10-15H2,1-3H3,(H2,33,48)(H,38,50)(H,39,46)(H,40,47)(H,41,52)(H,42,49)(H,43,51)(H,53,54)(H4,34,35,36)/t16-,17-,18-,20-,21-,22-,25-/m0/s1. The number of carboxylic acid groups (broad SMARTS) is 1. The maximum Gasteiger partial charge on any atom is 0.325 e. The van der Waals surface area contributed by atoms with Crippen molar-refractivity contribution in [3.05, 3.63) is 35.9 Å². The molecule has 0 aromatic heterocycles. The zero-order valence-electron chi connectivity index (χ0n) is 30.2. The molecule has 7 atom stereocenters. The number of aliphatic carboxylic acids is 1. The van der Waals surface area contributed by atoms with Gasteiger partial charge in [0.15, 0.2) is 5.96 Å². The average molecular weight is 766 g/mol. The summed E-state index contributed by atoms with van der Waals surface area (Å²) in [6, 6.07) is 0.772. The van der Waals surface area contributed by atoms with Gasteiger partial charge in [-0.1, -0.05) is 30.3 Å². The van der Waals surface area contributed by atoms with Crippen LogP contribution >= 0.6 is 0 Å². The van der Waals surface area contributed by atoms with Crippen molar-refractivity contribution in [3.8, 4) is 0 Å². The summed E-state index contributed by atoms with van der Waals surface area (Å²) in [5.74, 6) is -7.74. The second-order valence-electron chi connectivity index (χ2n) is 12.1. The third kappa shape index (κ3) is 17.6. The maximum atomic E-state index is 13.2. The molecule has 1 aromatic carbocycles. The van der Waals surface area contributed by atoms with Crippen LogP contribution in [0.15, 0.2) is 35.3 Å². The van der Waals surface area contributed by atoms with E-state index in [4.69, 9.17) is 22.3 Å². The summed E-state index contributed by atoms with van der Waals surface area (Å²) in [6.45, 7) is 1.68. The molecule has 0 saturated carbocycles. The Bertz CT molecular complexity index is 1490. The minimum Gasteiger partial charge on any atom is -0.480 e. The lowest BCUT2D eigenvalue weighted by Crippen LogP contribution is -2.61. The van der Waals surface area contributed by atoms with Crippen LogP contribution in [0.3, 0.4) is 0 Å². The third-order valence-corrected chi connectivity index (χ3v) is 7.53. The molecule has 16 N–H and O–H groups in total. The molecular weight excluding hydrogens is 714 g/mol. The summed E-state index contributed by atoms with van der Waals surface area (Å²) in [5.41, 5.74) is 16.9. The van der Waals surface area contributed by atoms with E-state index in [1.807, 2.05) is 0 Å². The van der Waals surface area contributed by atoms with Gasteiger partial charge in [-0.25, -0.2) is 0 Å². The van der Waals surface area contributed by atoms with Gasteiger partial charge in [-0.15, -0.1) is 0 Å². The zero-order chi connectivity index (χ0) is 41.0. The van der Waals surface area contributed by atoms with Crippen molar-refractivity contribution in [2.24, 2.45) is 22.2 Å². The predicted molar refractivity (Wildman–Crippen MR) is 191 cm³/mol. The summed E-state index contributed by atoms with van der Waals surface area (Å²) in [4.78, 5) is 103. The lowest BCUT2D eigenvalue weighted by atomic mass is 10.1. The molecule has 0 aliphatic rings. The first-order valence-corrected chi connectivity index (χ1v) is 16.8. The van der Waals surface area contributed by atoms with E-state index in [0.717, 1.165) is 12.5 Å². The number of nitrogens with one attached hydrogen (secondary N) is 7. The summed E-state index contributed by atoms with van der Waals surface area (Å²) in [6.07, 6.45) is -1.31. The number of benzene rings is 1. The van der Waals surface area contributed by atoms with Crippen molar-refractivity contribution in [1.29, 1.82) is 0 Å². The number of hydrogen-bond donors (Lipinski definition) is 13. The van der Waals surface area contributed by atoms with E-state index in [9.17, 15) is 48.6 Å². The summed E-state index contributed by atoms with van der Waals surface area (Å²) < 4.78 is 0. The Kier molecular flexibility index (Phi) is 20.2. The molecule has 0 aliphatic heterocycles. The number of guanidine groups is 1. The molecule has 1 aromatic rings. The van der Waals surface area contributed by atoms with E-state index in [1.165, 1.54) is 13.8 Å². The molecule has 0 saturated heterocycles. The number of rotatable bonds is 24. The van der Waals surface area contributed by atoms with Crippen LogP contribution in [0.5, 0.6) is 0 Å². The van der Waals surface area contributed by atoms with Gasteiger partial charge in [0.1, 0.15) is 30.2 Å². The lowest BCUT2D eigenvalue weighted by Gasteiger charge is -2.26. The monoisotopic (exact) mass is 765 g/mol. The number of aliphatic hydroxyl groups excluding tert-OH is 2. The van der Waals surface area contributed by atoms with Crippen LogP contribution < -0.4 is 54.4 Å². The van der Waals surface area contributed by atoms with E-state index in [2.05, 4.69) is 42.2 Å². The molecule has 0 fully saturated rings. The number of carbonyl (C=O) groups is 8. The van der Waals surface area contributed by atoms with Crippen molar-refractivity contribution in [2.45, 2.75) is 82.4 Å². The van der Waals surface area contributed by atoms with Crippen LogP contribution in [0, 0.1) is 0 Å². The summed E-state index contributed by atoms with van der Waals surface area (Å²) >= 11 is 0. The van der Waals surface area contributed by atoms with Crippen molar-refractivity contribution in [2.75, 3.05) is 26.2 Å². The number of aliphatic hydroxyl groups is 2. The quantitative estimate of drug-likeness (QED) is 0.0265. The van der Waals surface area contributed by atoms with Crippen LogP contribution in [0.4, 0.5) is 0 Å². The molecular formula is C32H51N11O11. The Morgan fingerprint density at radius 1 is 0.722 bits per heavy atom. The largest absolute Gasteiger partial charge is 0.480 e. The number of nitrogens with two attached hydrogens (primary N) is 3. The Morgan fingerprint density at radius 2 is 1.31 bits per heavy atom. The molecule has 0 radical (unpaired) electrons. The highest BCUT2D eigenvalue weighted by Crippen LogP contribution is 2.04. The van der Waals surface area contributed by atoms with Gasteiger partial charge in [-0.3, -0.25) is 48.7 Å². The molecule has 0 unspecified atom stereocenters. The van der Waals surface area contributed by atoms with E-state index >= 15 is 0 Å². The summed E-state index contributed by atoms with van der Waals surface area (Å²) in [5, 5.41) is 45.4. The Morgan fingerprint density at radius 3 is 1.87 bits per heavy atom. The van der Waals surface area contributed by atoms with E-state index in [-0.39, 0.29) is 31.8 Å². The second-order valence-corrected chi connectivity index (χ2v) is 12.1. The van der Waals surface area contributed by atoms with Crippen LogP contribution in [-0.2, 0) is 44.8 Å². The minimum atomic E-state index is -1.73. The molecule has 0 spiro atoms. The fourth-order valence-electron chi connectivity index (χ4n) is 4.53. The average Bonchev–Trinajstić information content (AvgIpc) is 3.10. The highest BCUT2D eigenvalue weighted by molar-refractivity contribution is 5.96. The van der Waals surface area contributed by atoms with Crippen LogP contribution in [0.1, 0.15) is 39.2 Å². The topological polar surface area (TPSA) is 372 Å². The van der Waals surface area contributed by atoms with Crippen LogP contribution in [0.2, 0.25) is 0 Å². The number of carbonyl (C=O) groups excluding carboxylic acids is 7. The van der Waals surface area contributed by atoms with Gasteiger partial charge in [0.05, 0.1) is 31.8 Å². The Balaban J connectivity index is 2.88. The number of primary amides is 1. The van der Waals surface area contributed by atoms with Gasteiger partial charge in [-0.05, 0) is 45.6 Å². The Hall–Kier alpha value is -5.87. The van der Waals surface area contributed by atoms with E-state index < -0.39 is 109 Å². The molecule has 22 heteroatoms. The highest BCUT2D eigenvalue weighted by atomic mass is 16.4. The third-order valence-electron chi connectivity index (χ3n) is 7.53. The summed E-state index contributed by atoms with van der Waals surface area (Å²) in [7, 11) is 0. The first kappa shape index (κ1) is 46.2. The fourth-order valence-corrected chi connectivity index (χ4v) is 4.53. The molecule has 0 bridgehead atoms.